The van der Waals surface area contributed by atoms with Crippen LogP contribution in [0.3, 0.4) is 0 Å². The van der Waals surface area contributed by atoms with Gasteiger partial charge in [0.05, 0.1) is 5.41 Å². The molecule has 2 aliphatic heterocycles. The Kier molecular flexibility index (Phi) is 4.29. The van der Waals surface area contributed by atoms with Crippen LogP contribution in [0.25, 0.3) is 0 Å². The minimum Gasteiger partial charge on any atom is -0.317 e. The van der Waals surface area contributed by atoms with Crippen LogP contribution in [-0.4, -0.2) is 36.3 Å². The van der Waals surface area contributed by atoms with Gasteiger partial charge in [-0.05, 0) is 51.1 Å². The van der Waals surface area contributed by atoms with Crippen LogP contribution in [0.15, 0.2) is 0 Å². The minimum atomic E-state index is -0.481. The number of likely N-dealkylation sites (tertiary alicyclic amines) is 1. The number of rotatable bonds is 4. The molecule has 2 heterocycles. The summed E-state index contributed by atoms with van der Waals surface area (Å²) in [5.74, 6) is 0.942. The van der Waals surface area contributed by atoms with Crippen molar-refractivity contribution in [3.05, 3.63) is 0 Å². The van der Waals surface area contributed by atoms with Crippen LogP contribution in [0.5, 0.6) is 0 Å². The predicted molar refractivity (Wildman–Crippen MR) is 74.5 cm³/mol. The average molecular weight is 266 g/mol. The fourth-order valence-corrected chi connectivity index (χ4v) is 3.07. The van der Waals surface area contributed by atoms with Gasteiger partial charge in [0.1, 0.15) is 0 Å². The van der Waals surface area contributed by atoms with E-state index in [4.69, 9.17) is 0 Å². The number of amides is 2. The van der Waals surface area contributed by atoms with Crippen molar-refractivity contribution < 1.29 is 9.59 Å². The first-order chi connectivity index (χ1) is 8.95. The number of hydrogen-bond acceptors (Lipinski definition) is 3. The molecule has 1 atom stereocenters. The molecule has 19 heavy (non-hydrogen) atoms. The van der Waals surface area contributed by atoms with Crippen LogP contribution >= 0.6 is 0 Å². The van der Waals surface area contributed by atoms with Crippen LogP contribution in [0.2, 0.25) is 0 Å². The van der Waals surface area contributed by atoms with Crippen LogP contribution in [0.4, 0.5) is 0 Å². The van der Waals surface area contributed by atoms with Gasteiger partial charge in [-0.15, -0.1) is 0 Å². The summed E-state index contributed by atoms with van der Waals surface area (Å²) < 4.78 is 0. The molecule has 4 nitrogen and oxygen atoms in total. The predicted octanol–water partition coefficient (Wildman–Crippen LogP) is 1.80. The van der Waals surface area contributed by atoms with Gasteiger partial charge >= 0.3 is 0 Å². The average Bonchev–Trinajstić information content (AvgIpc) is 2.61. The quantitative estimate of drug-likeness (QED) is 0.789. The Balaban J connectivity index is 1.93. The molecule has 0 bridgehead atoms. The second-order valence-corrected chi connectivity index (χ2v) is 6.58. The van der Waals surface area contributed by atoms with Crippen molar-refractivity contribution in [2.45, 2.75) is 46.5 Å². The number of hydrogen-bond donors (Lipinski definition) is 1. The van der Waals surface area contributed by atoms with Gasteiger partial charge in [0, 0.05) is 13.0 Å². The first kappa shape index (κ1) is 14.5. The molecule has 1 unspecified atom stereocenters. The lowest BCUT2D eigenvalue weighted by atomic mass is 9.78. The Bertz CT molecular complexity index is 361. The van der Waals surface area contributed by atoms with E-state index in [0.717, 1.165) is 32.4 Å². The summed E-state index contributed by atoms with van der Waals surface area (Å²) in [7, 11) is 0. The van der Waals surface area contributed by atoms with Gasteiger partial charge in [-0.1, -0.05) is 13.8 Å². The molecule has 0 aromatic rings. The molecule has 0 aromatic carbocycles. The van der Waals surface area contributed by atoms with E-state index in [-0.39, 0.29) is 17.7 Å². The van der Waals surface area contributed by atoms with Crippen molar-refractivity contribution in [2.24, 2.45) is 17.3 Å². The standard InChI is InChI=1S/C15H26N2O2/c1-11(2)15(3)10-13(18)17(14(15)19)9-6-12-4-7-16-8-5-12/h11-12,16H,4-10H2,1-3H3. The van der Waals surface area contributed by atoms with E-state index >= 15 is 0 Å². The van der Waals surface area contributed by atoms with Gasteiger partial charge in [0.15, 0.2) is 0 Å². The van der Waals surface area contributed by atoms with E-state index in [0.29, 0.717) is 18.9 Å². The van der Waals surface area contributed by atoms with Crippen molar-refractivity contribution >= 4 is 11.8 Å². The van der Waals surface area contributed by atoms with E-state index in [1.807, 2.05) is 20.8 Å². The van der Waals surface area contributed by atoms with Gasteiger partial charge < -0.3 is 5.32 Å². The first-order valence-electron chi connectivity index (χ1n) is 7.50. The van der Waals surface area contributed by atoms with Crippen molar-refractivity contribution in [2.75, 3.05) is 19.6 Å². The zero-order valence-corrected chi connectivity index (χ0v) is 12.4. The van der Waals surface area contributed by atoms with E-state index in [9.17, 15) is 9.59 Å². The van der Waals surface area contributed by atoms with Crippen molar-refractivity contribution in [1.29, 1.82) is 0 Å². The van der Waals surface area contributed by atoms with Gasteiger partial charge in [-0.3, -0.25) is 14.5 Å². The highest BCUT2D eigenvalue weighted by Crippen LogP contribution is 2.39. The van der Waals surface area contributed by atoms with Crippen LogP contribution in [0, 0.1) is 17.3 Å². The SMILES string of the molecule is CC(C)C1(C)CC(=O)N(CCC2CCNCC2)C1=O. The molecule has 0 radical (unpaired) electrons. The molecule has 0 spiro atoms. The second-order valence-electron chi connectivity index (χ2n) is 6.58. The third-order valence-corrected chi connectivity index (χ3v) is 5.05. The summed E-state index contributed by atoms with van der Waals surface area (Å²) in [6.45, 7) is 8.74. The minimum absolute atomic E-state index is 0.0233. The highest BCUT2D eigenvalue weighted by molar-refractivity contribution is 6.05. The van der Waals surface area contributed by atoms with Crippen LogP contribution in [-0.2, 0) is 9.59 Å². The van der Waals surface area contributed by atoms with Crippen LogP contribution < -0.4 is 5.32 Å². The Morgan fingerprint density at radius 1 is 1.32 bits per heavy atom. The fourth-order valence-electron chi connectivity index (χ4n) is 3.07. The highest BCUT2D eigenvalue weighted by atomic mass is 16.2. The van der Waals surface area contributed by atoms with Gasteiger partial charge in [-0.2, -0.15) is 0 Å². The molecule has 108 valence electrons. The van der Waals surface area contributed by atoms with E-state index in [1.165, 1.54) is 4.90 Å². The lowest BCUT2D eigenvalue weighted by Crippen LogP contribution is -2.38. The maximum absolute atomic E-state index is 12.4. The normalized spacial score (nSPS) is 29.6. The molecular weight excluding hydrogens is 240 g/mol. The fraction of sp³-hybridized carbons (Fsp3) is 0.867. The van der Waals surface area contributed by atoms with E-state index in [2.05, 4.69) is 5.32 Å². The number of carbonyl (C=O) groups is 2. The number of imide groups is 1. The first-order valence-corrected chi connectivity index (χ1v) is 7.50. The monoisotopic (exact) mass is 266 g/mol. The second kappa shape index (κ2) is 5.61. The largest absolute Gasteiger partial charge is 0.317 e. The summed E-state index contributed by atoms with van der Waals surface area (Å²) in [5, 5.41) is 3.34. The molecular formula is C15H26N2O2. The number of carbonyl (C=O) groups excluding carboxylic acids is 2. The zero-order valence-electron chi connectivity index (χ0n) is 12.4. The molecule has 0 saturated carbocycles. The Morgan fingerprint density at radius 3 is 2.47 bits per heavy atom. The molecule has 2 aliphatic rings. The smallest absolute Gasteiger partial charge is 0.235 e. The maximum atomic E-state index is 12.4. The molecule has 0 aromatic heterocycles. The summed E-state index contributed by atoms with van der Waals surface area (Å²) in [5.41, 5.74) is -0.481. The summed E-state index contributed by atoms with van der Waals surface area (Å²) >= 11 is 0. The van der Waals surface area contributed by atoms with Gasteiger partial charge in [0.25, 0.3) is 0 Å². The van der Waals surface area contributed by atoms with Crippen LogP contribution in [0.1, 0.15) is 46.5 Å². The van der Waals surface area contributed by atoms with Crippen molar-refractivity contribution in [1.82, 2.24) is 10.2 Å². The summed E-state index contributed by atoms with van der Waals surface area (Å²) in [6.07, 6.45) is 3.68. The Hall–Kier alpha value is -0.900. The molecule has 1 N–H and O–H groups in total. The number of piperidine rings is 1. The number of nitrogens with zero attached hydrogens (tertiary/aromatic N) is 1. The Labute approximate surface area is 115 Å². The molecule has 4 heteroatoms. The van der Waals surface area contributed by atoms with Gasteiger partial charge in [-0.25, -0.2) is 0 Å². The van der Waals surface area contributed by atoms with E-state index in [1.54, 1.807) is 0 Å². The van der Waals surface area contributed by atoms with Crippen molar-refractivity contribution in [3.63, 3.8) is 0 Å². The highest BCUT2D eigenvalue weighted by Gasteiger charge is 2.49. The molecule has 2 amide bonds. The lowest BCUT2D eigenvalue weighted by Gasteiger charge is -2.27. The summed E-state index contributed by atoms with van der Waals surface area (Å²) in [4.78, 5) is 26.0. The van der Waals surface area contributed by atoms with Crippen molar-refractivity contribution in [3.8, 4) is 0 Å². The lowest BCUT2D eigenvalue weighted by molar-refractivity contribution is -0.142. The van der Waals surface area contributed by atoms with Gasteiger partial charge in [0.2, 0.25) is 11.8 Å². The third-order valence-electron chi connectivity index (χ3n) is 5.05. The summed E-state index contributed by atoms with van der Waals surface area (Å²) in [6, 6.07) is 0. The zero-order chi connectivity index (χ0) is 14.0. The maximum Gasteiger partial charge on any atom is 0.235 e. The topological polar surface area (TPSA) is 49.4 Å². The molecule has 2 fully saturated rings. The molecule has 2 saturated heterocycles. The Morgan fingerprint density at radius 2 is 1.95 bits per heavy atom. The number of nitrogens with one attached hydrogen (secondary N) is 1. The third kappa shape index (κ3) is 2.83. The van der Waals surface area contributed by atoms with E-state index < -0.39 is 5.41 Å². The molecule has 2 rings (SSSR count). The molecule has 0 aliphatic carbocycles.